The fourth-order valence-corrected chi connectivity index (χ4v) is 5.53. The average molecular weight is 268 g/mol. The summed E-state index contributed by atoms with van der Waals surface area (Å²) in [6.45, 7) is 2.28. The molecule has 0 saturated carbocycles. The summed E-state index contributed by atoms with van der Waals surface area (Å²) < 4.78 is 3.01. The van der Waals surface area contributed by atoms with E-state index in [4.69, 9.17) is 0 Å². The quantitative estimate of drug-likeness (QED) is 0.569. The van der Waals surface area contributed by atoms with Crippen LogP contribution in [0.25, 0.3) is 0 Å². The summed E-state index contributed by atoms with van der Waals surface area (Å²) in [6.07, 6.45) is 2.84. The van der Waals surface area contributed by atoms with Gasteiger partial charge in [0.2, 0.25) is 0 Å². The van der Waals surface area contributed by atoms with Crippen molar-refractivity contribution in [2.24, 2.45) is 0 Å². The van der Waals surface area contributed by atoms with Gasteiger partial charge < -0.3 is 0 Å². The van der Waals surface area contributed by atoms with Crippen LogP contribution in [0.4, 0.5) is 0 Å². The van der Waals surface area contributed by atoms with E-state index in [1.54, 1.807) is 10.0 Å². The van der Waals surface area contributed by atoms with E-state index in [-0.39, 0.29) is 21.1 Å². The molecule has 12 heavy (non-hydrogen) atoms. The predicted octanol–water partition coefficient (Wildman–Crippen LogP) is 2.84. The molecule has 65 valence electrons. The summed E-state index contributed by atoms with van der Waals surface area (Å²) in [5.74, 6) is 0. The van der Waals surface area contributed by atoms with E-state index >= 15 is 0 Å². The second kappa shape index (κ2) is 6.53. The van der Waals surface area contributed by atoms with Crippen molar-refractivity contribution < 1.29 is 0 Å². The van der Waals surface area contributed by atoms with E-state index in [1.807, 2.05) is 0 Å². The summed E-state index contributed by atoms with van der Waals surface area (Å²) in [5.41, 5.74) is 1.56. The molecule has 0 nitrogen and oxygen atoms in total. The van der Waals surface area contributed by atoms with Gasteiger partial charge in [-0.1, -0.05) is 0 Å². The Morgan fingerprint density at radius 2 is 1.92 bits per heavy atom. The first kappa shape index (κ1) is 10.1. The topological polar surface area (TPSA) is 0 Å². The van der Waals surface area contributed by atoms with Gasteiger partial charge in [0.15, 0.2) is 0 Å². The van der Waals surface area contributed by atoms with E-state index < -0.39 is 0 Å². The second-order valence-electron chi connectivity index (χ2n) is 3.12. The van der Waals surface area contributed by atoms with Crippen molar-refractivity contribution in [1.29, 1.82) is 0 Å². The zero-order valence-corrected chi connectivity index (χ0v) is 11.1. The van der Waals surface area contributed by atoms with Crippen LogP contribution in [0.3, 0.4) is 0 Å². The Bertz CT molecular complexity index is 193. The van der Waals surface area contributed by atoms with Crippen LogP contribution in [0, 0.1) is 0 Å². The molecule has 1 rings (SSSR count). The van der Waals surface area contributed by atoms with Gasteiger partial charge in [-0.3, -0.25) is 0 Å². The van der Waals surface area contributed by atoms with Gasteiger partial charge in [-0.2, -0.15) is 0 Å². The first-order valence-corrected chi connectivity index (χ1v) is 9.45. The molecule has 1 heteroatoms. The predicted molar refractivity (Wildman–Crippen MR) is 57.0 cm³/mol. The molecule has 0 heterocycles. The Kier molecular flexibility index (Phi) is 5.49. The first-order chi connectivity index (χ1) is 5.93. The molecule has 0 unspecified atom stereocenters. The zero-order valence-electron chi connectivity index (χ0n) is 7.79. The Morgan fingerprint density at radius 1 is 1.17 bits per heavy atom. The molecule has 0 aliphatic carbocycles. The summed E-state index contributed by atoms with van der Waals surface area (Å²) in [6, 6.07) is 10.9. The standard InChI is InChI=1S/C7H7.C4H9.Sn.H/c1-7-5-3-2-4-6-7;1-3-4-2;;/h2-6H,1H2;1,3-4H2,2H3;;. The minimum atomic E-state index is -0.219. The minimum absolute atomic E-state index is 0.219. The van der Waals surface area contributed by atoms with Crippen molar-refractivity contribution in [2.45, 2.75) is 28.6 Å². The van der Waals surface area contributed by atoms with E-state index in [1.165, 1.54) is 17.3 Å². The van der Waals surface area contributed by atoms with E-state index in [9.17, 15) is 0 Å². The normalized spacial score (nSPS) is 10.1. The fraction of sp³-hybridized carbons (Fsp3) is 0.455. The maximum atomic E-state index is 2.28. The van der Waals surface area contributed by atoms with Crippen molar-refractivity contribution in [2.75, 3.05) is 0 Å². The maximum absolute atomic E-state index is 2.28. The van der Waals surface area contributed by atoms with E-state index in [0.717, 1.165) is 0 Å². The molecular weight excluding hydrogens is 251 g/mol. The van der Waals surface area contributed by atoms with Gasteiger partial charge in [0.25, 0.3) is 0 Å². The third kappa shape index (κ3) is 4.15. The summed E-state index contributed by atoms with van der Waals surface area (Å²) in [7, 11) is 0. The second-order valence-corrected chi connectivity index (χ2v) is 7.58. The van der Waals surface area contributed by atoms with Crippen LogP contribution in [0.2, 0.25) is 4.44 Å². The van der Waals surface area contributed by atoms with Crippen molar-refractivity contribution in [3.8, 4) is 0 Å². The van der Waals surface area contributed by atoms with Crippen LogP contribution < -0.4 is 0 Å². The molecule has 1 radical (unpaired) electrons. The number of rotatable bonds is 5. The SMILES string of the molecule is CCC[CH2][SnH][CH2]c1ccccc1. The molecular formula is C11H17Sn. The molecule has 0 atom stereocenters. The number of hydrogen-bond donors (Lipinski definition) is 0. The monoisotopic (exact) mass is 269 g/mol. The van der Waals surface area contributed by atoms with Gasteiger partial charge in [0.05, 0.1) is 0 Å². The molecule has 0 bridgehead atoms. The van der Waals surface area contributed by atoms with Gasteiger partial charge in [0.1, 0.15) is 0 Å². The third-order valence-electron chi connectivity index (χ3n) is 1.98. The van der Waals surface area contributed by atoms with Crippen LogP contribution in [-0.4, -0.2) is 21.1 Å². The van der Waals surface area contributed by atoms with Crippen molar-refractivity contribution in [3.05, 3.63) is 35.9 Å². The molecule has 0 fully saturated rings. The third-order valence-corrected chi connectivity index (χ3v) is 6.48. The van der Waals surface area contributed by atoms with Crippen LogP contribution in [0.15, 0.2) is 30.3 Å². The average Bonchev–Trinajstić information content (AvgIpc) is 2.14. The molecule has 0 saturated heterocycles. The molecule has 0 N–H and O–H groups in total. The number of unbranched alkanes of at least 4 members (excludes halogenated alkanes) is 1. The molecule has 0 aliphatic heterocycles. The molecule has 0 spiro atoms. The van der Waals surface area contributed by atoms with Crippen LogP contribution in [0.5, 0.6) is 0 Å². The number of benzene rings is 1. The number of hydrogen-bond acceptors (Lipinski definition) is 0. The molecule has 0 aliphatic rings. The van der Waals surface area contributed by atoms with Crippen LogP contribution in [0.1, 0.15) is 25.3 Å². The van der Waals surface area contributed by atoms with Crippen LogP contribution in [-0.2, 0) is 4.44 Å². The summed E-state index contributed by atoms with van der Waals surface area (Å²) in [5, 5.41) is 0. The van der Waals surface area contributed by atoms with Gasteiger partial charge in [-0.05, 0) is 0 Å². The summed E-state index contributed by atoms with van der Waals surface area (Å²) >= 11 is -0.219. The summed E-state index contributed by atoms with van der Waals surface area (Å²) in [4.78, 5) is 0. The Morgan fingerprint density at radius 3 is 2.58 bits per heavy atom. The van der Waals surface area contributed by atoms with Gasteiger partial charge >= 0.3 is 85.7 Å². The van der Waals surface area contributed by atoms with E-state index in [0.29, 0.717) is 0 Å². The molecule has 0 aromatic heterocycles. The van der Waals surface area contributed by atoms with E-state index in [2.05, 4.69) is 37.3 Å². The molecule has 1 aromatic carbocycles. The van der Waals surface area contributed by atoms with Crippen molar-refractivity contribution >= 4 is 21.1 Å². The van der Waals surface area contributed by atoms with Crippen molar-refractivity contribution in [1.82, 2.24) is 0 Å². The Balaban J connectivity index is 2.16. The fourth-order valence-electron chi connectivity index (χ4n) is 1.23. The molecule has 1 aromatic rings. The Hall–Kier alpha value is 0.0187. The van der Waals surface area contributed by atoms with Crippen molar-refractivity contribution in [3.63, 3.8) is 0 Å². The van der Waals surface area contributed by atoms with Gasteiger partial charge in [-0.15, -0.1) is 0 Å². The molecule has 0 amide bonds. The van der Waals surface area contributed by atoms with Crippen LogP contribution >= 0.6 is 0 Å². The zero-order chi connectivity index (χ0) is 8.65. The first-order valence-electron chi connectivity index (χ1n) is 4.79. The Labute approximate surface area is 85.6 Å². The van der Waals surface area contributed by atoms with Gasteiger partial charge in [0, 0.05) is 0 Å². The van der Waals surface area contributed by atoms with Gasteiger partial charge in [-0.25, -0.2) is 0 Å².